The number of thioether (sulfide) groups is 1. The summed E-state index contributed by atoms with van der Waals surface area (Å²) in [4.78, 5) is 28.4. The van der Waals surface area contributed by atoms with Crippen molar-refractivity contribution in [1.82, 2.24) is 10.2 Å². The zero-order chi connectivity index (χ0) is 25.2. The summed E-state index contributed by atoms with van der Waals surface area (Å²) in [6, 6.07) is 12.7. The monoisotopic (exact) mass is 536 g/mol. The number of amides is 2. The number of benzene rings is 2. The first-order valence-electron chi connectivity index (χ1n) is 12.2. The Bertz CT molecular complexity index is 961. The van der Waals surface area contributed by atoms with Gasteiger partial charge in [0.05, 0.1) is 12.9 Å². The van der Waals surface area contributed by atoms with Gasteiger partial charge in [0.1, 0.15) is 11.8 Å². The van der Waals surface area contributed by atoms with Gasteiger partial charge in [-0.25, -0.2) is 0 Å². The average molecular weight is 538 g/mol. The van der Waals surface area contributed by atoms with E-state index in [9.17, 15) is 9.59 Å². The number of nitrogens with one attached hydrogen (secondary N) is 1. The molecule has 8 heteroatoms. The number of methoxy groups -OCH3 is 1. The lowest BCUT2D eigenvalue weighted by Gasteiger charge is -2.33. The van der Waals surface area contributed by atoms with Crippen LogP contribution in [0.4, 0.5) is 0 Å². The first-order valence-corrected chi connectivity index (χ1v) is 14.1. The molecule has 1 saturated carbocycles. The molecule has 0 aliphatic heterocycles. The summed E-state index contributed by atoms with van der Waals surface area (Å²) in [7, 11) is 1.64. The van der Waals surface area contributed by atoms with Crippen molar-refractivity contribution in [3.8, 4) is 5.75 Å². The fourth-order valence-corrected chi connectivity index (χ4v) is 5.77. The van der Waals surface area contributed by atoms with Gasteiger partial charge in [0.15, 0.2) is 0 Å². The molecule has 1 aliphatic carbocycles. The molecular formula is C27H34Cl2N2O3S. The van der Waals surface area contributed by atoms with Gasteiger partial charge >= 0.3 is 0 Å². The zero-order valence-corrected chi connectivity index (χ0v) is 22.7. The molecule has 0 bridgehead atoms. The van der Waals surface area contributed by atoms with Crippen molar-refractivity contribution < 1.29 is 14.3 Å². The van der Waals surface area contributed by atoms with Gasteiger partial charge in [-0.1, -0.05) is 67.6 Å². The van der Waals surface area contributed by atoms with Crippen molar-refractivity contribution in [2.75, 3.05) is 12.9 Å². The maximum atomic E-state index is 13.5. The molecule has 0 saturated heterocycles. The third-order valence-electron chi connectivity index (χ3n) is 6.38. The highest BCUT2D eigenvalue weighted by Gasteiger charge is 2.31. The molecule has 0 aromatic heterocycles. The second-order valence-electron chi connectivity index (χ2n) is 8.83. The molecule has 2 aromatic carbocycles. The Morgan fingerprint density at radius 2 is 1.74 bits per heavy atom. The van der Waals surface area contributed by atoms with Crippen molar-refractivity contribution in [2.45, 2.75) is 69.8 Å². The lowest BCUT2D eigenvalue weighted by molar-refractivity contribution is -0.139. The van der Waals surface area contributed by atoms with Crippen molar-refractivity contribution >= 4 is 46.8 Å². The van der Waals surface area contributed by atoms with E-state index in [1.54, 1.807) is 30.2 Å². The Balaban J connectivity index is 1.73. The van der Waals surface area contributed by atoms with Crippen LogP contribution in [0.3, 0.4) is 0 Å². The van der Waals surface area contributed by atoms with E-state index in [1.807, 2.05) is 31.2 Å². The van der Waals surface area contributed by atoms with Crippen LogP contribution in [0.25, 0.3) is 0 Å². The van der Waals surface area contributed by atoms with E-state index in [-0.39, 0.29) is 30.2 Å². The first kappa shape index (κ1) is 27.7. The largest absolute Gasteiger partial charge is 0.497 e. The second-order valence-corrected chi connectivity index (χ2v) is 10.6. The van der Waals surface area contributed by atoms with E-state index in [1.165, 1.54) is 18.2 Å². The Labute approximate surface area is 222 Å². The Morgan fingerprint density at radius 1 is 1.09 bits per heavy atom. The fraction of sp³-hybridized carbons (Fsp3) is 0.481. The molecular weight excluding hydrogens is 503 g/mol. The van der Waals surface area contributed by atoms with E-state index in [4.69, 9.17) is 27.9 Å². The Hall–Kier alpha value is -1.89. The molecule has 35 heavy (non-hydrogen) atoms. The molecule has 3 rings (SSSR count). The van der Waals surface area contributed by atoms with Crippen molar-refractivity contribution in [2.24, 2.45) is 0 Å². The van der Waals surface area contributed by atoms with Crippen LogP contribution < -0.4 is 10.1 Å². The molecule has 1 N–H and O–H groups in total. The van der Waals surface area contributed by atoms with Gasteiger partial charge in [0, 0.05) is 33.9 Å². The van der Waals surface area contributed by atoms with E-state index in [2.05, 4.69) is 5.32 Å². The van der Waals surface area contributed by atoms with Gasteiger partial charge in [-0.15, -0.1) is 11.8 Å². The number of nitrogens with zero attached hydrogens (tertiary/aromatic N) is 1. The predicted molar refractivity (Wildman–Crippen MR) is 145 cm³/mol. The van der Waals surface area contributed by atoms with Crippen LogP contribution >= 0.6 is 35.0 Å². The number of ether oxygens (including phenoxy) is 1. The number of carbonyl (C=O) groups is 2. The molecule has 1 unspecified atom stereocenters. The smallest absolute Gasteiger partial charge is 0.243 e. The van der Waals surface area contributed by atoms with Crippen LogP contribution in [0.1, 0.15) is 56.6 Å². The molecule has 5 nitrogen and oxygen atoms in total. The molecule has 1 aliphatic rings. The summed E-state index contributed by atoms with van der Waals surface area (Å²) < 4.78 is 5.21. The minimum atomic E-state index is -0.585. The molecule has 2 aromatic rings. The Morgan fingerprint density at radius 3 is 2.34 bits per heavy atom. The van der Waals surface area contributed by atoms with Crippen LogP contribution in [0.2, 0.25) is 10.0 Å². The van der Waals surface area contributed by atoms with E-state index < -0.39 is 6.04 Å². The number of carbonyl (C=O) groups excluding carboxylic acids is 2. The highest BCUT2D eigenvalue weighted by molar-refractivity contribution is 7.99. The standard InChI is InChI=1S/C27H34Cl2N2O3S/c1-3-25(27(33)30-20-8-5-4-6-9-20)31(16-22-23(28)10-7-11-24(22)29)26(32)18-35-17-19-12-14-21(34-2)15-13-19/h7,10-15,20,25H,3-6,8-9,16-18H2,1-2H3,(H,30,33). The SMILES string of the molecule is CCC(C(=O)NC1CCCCC1)N(Cc1c(Cl)cccc1Cl)C(=O)CSCc1ccc(OC)cc1. The maximum absolute atomic E-state index is 13.5. The van der Waals surface area contributed by atoms with Crippen LogP contribution in [0.15, 0.2) is 42.5 Å². The normalized spacial score (nSPS) is 14.9. The average Bonchev–Trinajstić information content (AvgIpc) is 2.86. The molecule has 2 amide bonds. The molecule has 0 spiro atoms. The van der Waals surface area contributed by atoms with Gasteiger partial charge in [-0.2, -0.15) is 0 Å². The van der Waals surface area contributed by atoms with E-state index in [0.29, 0.717) is 27.8 Å². The number of hydrogen-bond acceptors (Lipinski definition) is 4. The quantitative estimate of drug-likeness (QED) is 0.356. The molecule has 190 valence electrons. The summed E-state index contributed by atoms with van der Waals surface area (Å²) in [6.07, 6.45) is 5.96. The van der Waals surface area contributed by atoms with Crippen LogP contribution in [-0.4, -0.2) is 41.7 Å². The number of hydrogen-bond donors (Lipinski definition) is 1. The van der Waals surface area contributed by atoms with E-state index in [0.717, 1.165) is 37.0 Å². The summed E-state index contributed by atoms with van der Waals surface area (Å²) >= 11 is 14.4. The second kappa shape index (κ2) is 14.0. The maximum Gasteiger partial charge on any atom is 0.243 e. The minimum Gasteiger partial charge on any atom is -0.497 e. The van der Waals surface area contributed by atoms with Gasteiger partial charge < -0.3 is 15.0 Å². The van der Waals surface area contributed by atoms with Crippen molar-refractivity contribution in [3.63, 3.8) is 0 Å². The zero-order valence-electron chi connectivity index (χ0n) is 20.4. The Kier molecular flexibility index (Phi) is 11.1. The lowest BCUT2D eigenvalue weighted by Crippen LogP contribution is -2.52. The predicted octanol–water partition coefficient (Wildman–Crippen LogP) is 6.49. The minimum absolute atomic E-state index is 0.101. The lowest BCUT2D eigenvalue weighted by atomic mass is 9.95. The number of rotatable bonds is 11. The van der Waals surface area contributed by atoms with Crippen LogP contribution in [0, 0.1) is 0 Å². The molecule has 0 radical (unpaired) electrons. The van der Waals surface area contributed by atoms with Gasteiger partial charge in [-0.3, -0.25) is 9.59 Å². The molecule has 1 fully saturated rings. The topological polar surface area (TPSA) is 58.6 Å². The van der Waals surface area contributed by atoms with Crippen molar-refractivity contribution in [1.29, 1.82) is 0 Å². The highest BCUT2D eigenvalue weighted by atomic mass is 35.5. The molecule has 1 atom stereocenters. The van der Waals surface area contributed by atoms with Crippen LogP contribution in [0.5, 0.6) is 5.75 Å². The van der Waals surface area contributed by atoms with Crippen LogP contribution in [-0.2, 0) is 21.9 Å². The summed E-state index contributed by atoms with van der Waals surface area (Å²) in [5.41, 5.74) is 1.76. The molecule has 0 heterocycles. The number of halogens is 2. The van der Waals surface area contributed by atoms with E-state index >= 15 is 0 Å². The van der Waals surface area contributed by atoms with Gasteiger partial charge in [0.25, 0.3) is 0 Å². The highest BCUT2D eigenvalue weighted by Crippen LogP contribution is 2.28. The first-order chi connectivity index (χ1) is 16.9. The van der Waals surface area contributed by atoms with Gasteiger partial charge in [-0.05, 0) is 49.1 Å². The summed E-state index contributed by atoms with van der Waals surface area (Å²) in [6.45, 7) is 2.13. The summed E-state index contributed by atoms with van der Waals surface area (Å²) in [5, 5.41) is 4.17. The third kappa shape index (κ3) is 8.06. The third-order valence-corrected chi connectivity index (χ3v) is 8.08. The van der Waals surface area contributed by atoms with Crippen molar-refractivity contribution in [3.05, 3.63) is 63.6 Å². The fourth-order valence-electron chi connectivity index (χ4n) is 4.38. The van der Waals surface area contributed by atoms with Gasteiger partial charge in [0.2, 0.25) is 11.8 Å². The summed E-state index contributed by atoms with van der Waals surface area (Å²) in [5.74, 6) is 1.52.